The van der Waals surface area contributed by atoms with Gasteiger partial charge in [0.05, 0.1) is 0 Å². The lowest BCUT2D eigenvalue weighted by molar-refractivity contribution is 0.499. The van der Waals surface area contributed by atoms with E-state index in [1.54, 1.807) is 0 Å². The minimum atomic E-state index is -1.38. The van der Waals surface area contributed by atoms with Crippen molar-refractivity contribution in [2.24, 2.45) is 0 Å². The van der Waals surface area contributed by atoms with Gasteiger partial charge < -0.3 is 4.18 Å². The van der Waals surface area contributed by atoms with Gasteiger partial charge in [0.15, 0.2) is 0 Å². The van der Waals surface area contributed by atoms with Crippen LogP contribution in [0.1, 0.15) is 18.5 Å². The molecule has 0 saturated heterocycles. The molecule has 0 saturated carbocycles. The molecule has 0 amide bonds. The quantitative estimate of drug-likeness (QED) is 0.658. The van der Waals surface area contributed by atoms with Gasteiger partial charge in [-0.2, -0.15) is 8.93 Å². The zero-order valence-corrected chi connectivity index (χ0v) is 7.43. The molecule has 1 aliphatic heterocycles. The van der Waals surface area contributed by atoms with Crippen molar-refractivity contribution in [3.05, 3.63) is 29.8 Å². The van der Waals surface area contributed by atoms with Gasteiger partial charge in [0.1, 0.15) is 5.75 Å². The van der Waals surface area contributed by atoms with E-state index in [0.717, 1.165) is 5.56 Å². The van der Waals surface area contributed by atoms with Gasteiger partial charge in [0, 0.05) is 11.6 Å². The van der Waals surface area contributed by atoms with E-state index in [4.69, 9.17) is 4.18 Å². The van der Waals surface area contributed by atoms with Gasteiger partial charge in [0.2, 0.25) is 0 Å². The molecule has 1 heterocycles. The second-order valence-electron chi connectivity index (χ2n) is 2.70. The third kappa shape index (κ3) is 1.23. The van der Waals surface area contributed by atoms with Crippen LogP contribution in [-0.4, -0.2) is 4.21 Å². The number of rotatable bonds is 0. The Morgan fingerprint density at radius 3 is 3.08 bits per heavy atom. The lowest BCUT2D eigenvalue weighted by atomic mass is 10.1. The van der Waals surface area contributed by atoms with Crippen LogP contribution in [0.5, 0.6) is 5.75 Å². The summed E-state index contributed by atoms with van der Waals surface area (Å²) < 4.78 is 18.9. The average Bonchev–Trinajstić information content (AvgIpc) is 2.04. The number of fused-ring (bicyclic) bond motifs is 1. The van der Waals surface area contributed by atoms with E-state index >= 15 is 0 Å². The van der Waals surface area contributed by atoms with Crippen molar-refractivity contribution in [1.29, 1.82) is 0 Å². The third-order valence-corrected chi connectivity index (χ3v) is 2.70. The van der Waals surface area contributed by atoms with E-state index < -0.39 is 11.3 Å². The molecule has 64 valence electrons. The molecule has 2 atom stereocenters. The molecule has 0 radical (unpaired) electrons. The highest BCUT2D eigenvalue weighted by Gasteiger charge is 2.20. The van der Waals surface area contributed by atoms with Crippen molar-refractivity contribution in [3.63, 3.8) is 0 Å². The fourth-order valence-corrected chi connectivity index (χ4v) is 2.01. The third-order valence-electron chi connectivity index (χ3n) is 1.82. The Bertz CT molecular complexity index is 327. The van der Waals surface area contributed by atoms with E-state index in [0.29, 0.717) is 5.75 Å². The van der Waals surface area contributed by atoms with Gasteiger partial charge >= 0.3 is 0 Å². The highest BCUT2D eigenvalue weighted by molar-refractivity contribution is 7.78. The van der Waals surface area contributed by atoms with E-state index in [1.807, 2.05) is 31.2 Å². The lowest BCUT2D eigenvalue weighted by Gasteiger charge is -2.21. The monoisotopic (exact) mass is 183 g/mol. The maximum absolute atomic E-state index is 11.0. The molecule has 0 aliphatic carbocycles. The summed E-state index contributed by atoms with van der Waals surface area (Å²) in [6.07, 6.45) is 0. The predicted octanol–water partition coefficient (Wildman–Crippen LogP) is 1.31. The molecule has 12 heavy (non-hydrogen) atoms. The first-order valence-corrected chi connectivity index (χ1v) is 4.80. The summed E-state index contributed by atoms with van der Waals surface area (Å²) in [4.78, 5) is 0. The molecule has 1 aromatic rings. The highest BCUT2D eigenvalue weighted by atomic mass is 32.2. The summed E-state index contributed by atoms with van der Waals surface area (Å²) in [5.41, 5.74) is 1.05. The van der Waals surface area contributed by atoms with Crippen molar-refractivity contribution in [2.75, 3.05) is 0 Å². The molecule has 1 N–H and O–H groups in total. The molecule has 2 rings (SSSR count). The molecule has 0 spiro atoms. The number of hydrogen-bond acceptors (Lipinski definition) is 2. The van der Waals surface area contributed by atoms with Crippen LogP contribution in [0.2, 0.25) is 0 Å². The zero-order chi connectivity index (χ0) is 8.55. The first-order chi connectivity index (χ1) is 5.77. The Morgan fingerprint density at radius 2 is 2.25 bits per heavy atom. The van der Waals surface area contributed by atoms with E-state index in [-0.39, 0.29) is 6.04 Å². The summed E-state index contributed by atoms with van der Waals surface area (Å²) in [6, 6.07) is 7.69. The fourth-order valence-electron chi connectivity index (χ4n) is 1.23. The first kappa shape index (κ1) is 7.76. The van der Waals surface area contributed by atoms with Gasteiger partial charge in [-0.1, -0.05) is 18.2 Å². The van der Waals surface area contributed by atoms with Crippen LogP contribution in [-0.2, 0) is 11.3 Å². The number of hydrogen-bond donors (Lipinski definition) is 1. The first-order valence-electron chi connectivity index (χ1n) is 3.72. The molecule has 0 fully saturated rings. The lowest BCUT2D eigenvalue weighted by Crippen LogP contribution is -2.29. The minimum Gasteiger partial charge on any atom is -0.389 e. The molecule has 1 aliphatic rings. The zero-order valence-electron chi connectivity index (χ0n) is 6.61. The van der Waals surface area contributed by atoms with Crippen LogP contribution in [0.25, 0.3) is 0 Å². The second kappa shape index (κ2) is 2.88. The molecule has 2 unspecified atom stereocenters. The van der Waals surface area contributed by atoms with E-state index in [9.17, 15) is 4.21 Å². The summed E-state index contributed by atoms with van der Waals surface area (Å²) >= 11 is -1.38. The smallest absolute Gasteiger partial charge is 0.288 e. The Kier molecular flexibility index (Phi) is 1.86. The van der Waals surface area contributed by atoms with Crippen molar-refractivity contribution in [3.8, 4) is 5.75 Å². The van der Waals surface area contributed by atoms with Gasteiger partial charge in [-0.3, -0.25) is 0 Å². The molecule has 3 nitrogen and oxygen atoms in total. The Labute approximate surface area is 73.5 Å². The molecular formula is C8H9NO2S. The molecule has 1 aromatic carbocycles. The summed E-state index contributed by atoms with van der Waals surface area (Å²) in [6.45, 7) is 1.96. The Hall–Kier alpha value is -0.870. The number of nitrogens with one attached hydrogen (secondary N) is 1. The molecule has 0 bridgehead atoms. The van der Waals surface area contributed by atoms with E-state index in [2.05, 4.69) is 4.72 Å². The van der Waals surface area contributed by atoms with Crippen LogP contribution >= 0.6 is 0 Å². The Morgan fingerprint density at radius 1 is 1.50 bits per heavy atom. The van der Waals surface area contributed by atoms with Crippen LogP contribution in [0.3, 0.4) is 0 Å². The van der Waals surface area contributed by atoms with Crippen molar-refractivity contribution in [2.45, 2.75) is 13.0 Å². The summed E-state index contributed by atoms with van der Waals surface area (Å²) in [7, 11) is 0. The van der Waals surface area contributed by atoms with Crippen molar-refractivity contribution >= 4 is 11.3 Å². The van der Waals surface area contributed by atoms with Crippen molar-refractivity contribution in [1.82, 2.24) is 4.72 Å². The maximum atomic E-state index is 11.0. The second-order valence-corrected chi connectivity index (χ2v) is 3.57. The van der Waals surface area contributed by atoms with Crippen molar-refractivity contribution < 1.29 is 8.39 Å². The largest absolute Gasteiger partial charge is 0.389 e. The van der Waals surface area contributed by atoms with Gasteiger partial charge in [-0.15, -0.1) is 0 Å². The van der Waals surface area contributed by atoms with Gasteiger partial charge in [0.25, 0.3) is 11.3 Å². The average molecular weight is 183 g/mol. The van der Waals surface area contributed by atoms with Gasteiger partial charge in [-0.05, 0) is 13.0 Å². The standard InChI is InChI=1S/C8H9NO2S/c1-6-7-4-2-3-5-8(7)11-12(10)9-6/h2-6,9H,1H3. The topological polar surface area (TPSA) is 38.3 Å². The SMILES string of the molecule is CC1NS(=O)Oc2ccccc21. The number of para-hydroxylation sites is 1. The maximum Gasteiger partial charge on any atom is 0.288 e. The minimum absolute atomic E-state index is 0.0933. The molecule has 0 aromatic heterocycles. The van der Waals surface area contributed by atoms with Crippen LogP contribution in [0.4, 0.5) is 0 Å². The highest BCUT2D eigenvalue weighted by Crippen LogP contribution is 2.28. The van der Waals surface area contributed by atoms with Crippen LogP contribution < -0.4 is 8.91 Å². The summed E-state index contributed by atoms with van der Waals surface area (Å²) in [5.74, 6) is 0.710. The van der Waals surface area contributed by atoms with E-state index in [1.165, 1.54) is 0 Å². The fraction of sp³-hybridized carbons (Fsp3) is 0.250. The molecule has 4 heteroatoms. The Balaban J connectivity index is 2.47. The van der Waals surface area contributed by atoms with Gasteiger partial charge in [-0.25, -0.2) is 0 Å². The summed E-state index contributed by atoms with van der Waals surface area (Å²) in [5, 5.41) is 0. The predicted molar refractivity (Wildman–Crippen MR) is 46.8 cm³/mol. The van der Waals surface area contributed by atoms with Crippen LogP contribution in [0, 0.1) is 0 Å². The normalized spacial score (nSPS) is 27.4. The molecular weight excluding hydrogens is 174 g/mol. The number of benzene rings is 1. The van der Waals surface area contributed by atoms with Crippen LogP contribution in [0.15, 0.2) is 24.3 Å².